The number of nitrogens with zero attached hydrogens (tertiary/aromatic N) is 1. The first-order valence-electron chi connectivity index (χ1n) is 5.12. The molecule has 0 unspecified atom stereocenters. The first-order valence-corrected chi connectivity index (χ1v) is 5.12. The van der Waals surface area contributed by atoms with Gasteiger partial charge in [0.25, 0.3) is 0 Å². The van der Waals surface area contributed by atoms with Crippen LogP contribution in [0.15, 0.2) is 30.3 Å². The zero-order valence-corrected chi connectivity index (χ0v) is 10.0. The van der Waals surface area contributed by atoms with Crippen LogP contribution in [-0.4, -0.2) is 29.2 Å². The van der Waals surface area contributed by atoms with Crippen molar-refractivity contribution >= 4 is 18.2 Å². The monoisotopic (exact) mass is 243 g/mol. The number of piperidine rings is 1. The van der Waals surface area contributed by atoms with Crippen LogP contribution in [0.3, 0.4) is 0 Å². The molecule has 90 valence electrons. The van der Waals surface area contributed by atoms with E-state index in [9.17, 15) is 4.79 Å². The molecule has 0 saturated carbocycles. The van der Waals surface area contributed by atoms with Gasteiger partial charge in [-0.05, 0) is 18.5 Å². The number of likely N-dealkylation sites (tertiary alicyclic amines) is 1. The summed E-state index contributed by atoms with van der Waals surface area (Å²) < 4.78 is 0. The molecule has 1 saturated heterocycles. The zero-order valence-electron chi connectivity index (χ0n) is 9.19. The molecular weight excluding hydrogens is 226 g/mol. The Bertz CT molecular complexity index is 316. The predicted molar refractivity (Wildman–Crippen MR) is 66.8 cm³/mol. The summed E-state index contributed by atoms with van der Waals surface area (Å²) in [4.78, 5) is 13.4. The third kappa shape index (κ3) is 4.31. The summed E-state index contributed by atoms with van der Waals surface area (Å²) in [5.41, 5.74) is 1.29. The summed E-state index contributed by atoms with van der Waals surface area (Å²) in [6, 6.07) is 10.3. The summed E-state index contributed by atoms with van der Waals surface area (Å²) in [5.74, 6) is 0.382. The average molecular weight is 244 g/mol. The van der Waals surface area contributed by atoms with Gasteiger partial charge in [0.15, 0.2) is 0 Å². The number of hydrogen-bond donors (Lipinski definition) is 0. The van der Waals surface area contributed by atoms with Crippen molar-refractivity contribution in [3.63, 3.8) is 0 Å². The van der Waals surface area contributed by atoms with E-state index in [1.54, 1.807) is 0 Å². The number of halogens is 1. The Morgan fingerprint density at radius 3 is 2.50 bits per heavy atom. The maximum absolute atomic E-state index is 11.2. The summed E-state index contributed by atoms with van der Waals surface area (Å²) in [7, 11) is 0. The molecule has 0 bridgehead atoms. The highest BCUT2D eigenvalue weighted by atomic mass is 35.5. The first-order chi connectivity index (χ1) is 6.84. The Kier molecular flexibility index (Phi) is 6.97. The summed E-state index contributed by atoms with van der Waals surface area (Å²) in [6.07, 6.45) is 1.79. The molecule has 0 atom stereocenters. The van der Waals surface area contributed by atoms with Crippen LogP contribution in [0, 0.1) is 0 Å². The van der Waals surface area contributed by atoms with E-state index in [-0.39, 0.29) is 17.9 Å². The van der Waals surface area contributed by atoms with Gasteiger partial charge in [0.05, 0.1) is 6.54 Å². The smallest absolute Gasteiger partial charge is 0.146 e. The van der Waals surface area contributed by atoms with Crippen molar-refractivity contribution in [1.29, 1.82) is 0 Å². The molecule has 0 radical (unpaired) electrons. The third-order valence-corrected chi connectivity index (χ3v) is 2.58. The minimum atomic E-state index is 0. The Morgan fingerprint density at radius 2 is 1.88 bits per heavy atom. The van der Waals surface area contributed by atoms with E-state index in [2.05, 4.69) is 17.0 Å². The molecule has 1 aromatic carbocycles. The van der Waals surface area contributed by atoms with Crippen LogP contribution in [0.25, 0.3) is 0 Å². The molecule has 3 nitrogen and oxygen atoms in total. The minimum absolute atomic E-state index is 0. The number of carbonyl (C=O) groups excluding carboxylic acids is 1. The lowest BCUT2D eigenvalue weighted by atomic mass is 10.1. The van der Waals surface area contributed by atoms with E-state index in [0.717, 1.165) is 25.9 Å². The van der Waals surface area contributed by atoms with Crippen molar-refractivity contribution in [1.82, 2.24) is 4.90 Å². The molecule has 0 aromatic heterocycles. The van der Waals surface area contributed by atoms with E-state index in [1.165, 1.54) is 5.56 Å². The Hall–Kier alpha value is -0.900. The molecular formula is C12H18ClNO2. The minimum Gasteiger partial charge on any atom is -0.412 e. The van der Waals surface area contributed by atoms with Crippen LogP contribution in [0.4, 0.5) is 0 Å². The highest BCUT2D eigenvalue weighted by Gasteiger charge is 2.16. The normalized spacial score (nSPS) is 16.1. The topological polar surface area (TPSA) is 51.8 Å². The van der Waals surface area contributed by atoms with Gasteiger partial charge in [-0.3, -0.25) is 9.69 Å². The van der Waals surface area contributed by atoms with E-state index >= 15 is 0 Å². The fraction of sp³-hybridized carbons (Fsp3) is 0.417. The van der Waals surface area contributed by atoms with Crippen molar-refractivity contribution in [2.24, 2.45) is 0 Å². The fourth-order valence-electron chi connectivity index (χ4n) is 1.88. The van der Waals surface area contributed by atoms with Crippen molar-refractivity contribution < 1.29 is 10.3 Å². The summed E-state index contributed by atoms with van der Waals surface area (Å²) in [5, 5.41) is 0. The first kappa shape index (κ1) is 15.1. The quantitative estimate of drug-likeness (QED) is 0.790. The standard InChI is InChI=1S/C12H15NO.ClH.H2O/c14-12-7-4-8-13(10-12)9-11-5-2-1-3-6-11;;/h1-3,5-6H,4,7-10H2;1H;1H2. The molecule has 1 aliphatic rings. The van der Waals surface area contributed by atoms with E-state index in [0.29, 0.717) is 12.3 Å². The van der Waals surface area contributed by atoms with Gasteiger partial charge >= 0.3 is 0 Å². The SMILES string of the molecule is Cl.O.O=C1CCCN(Cc2ccccc2)C1. The van der Waals surface area contributed by atoms with Gasteiger partial charge < -0.3 is 5.48 Å². The van der Waals surface area contributed by atoms with Gasteiger partial charge in [-0.1, -0.05) is 30.3 Å². The Morgan fingerprint density at radius 1 is 1.19 bits per heavy atom. The van der Waals surface area contributed by atoms with Crippen LogP contribution in [-0.2, 0) is 11.3 Å². The van der Waals surface area contributed by atoms with Gasteiger partial charge in [-0.2, -0.15) is 0 Å². The lowest BCUT2D eigenvalue weighted by Crippen LogP contribution is -2.34. The van der Waals surface area contributed by atoms with Crippen molar-refractivity contribution in [3.8, 4) is 0 Å². The van der Waals surface area contributed by atoms with Gasteiger partial charge in [0.2, 0.25) is 0 Å². The molecule has 2 rings (SSSR count). The maximum atomic E-state index is 11.2. The average Bonchev–Trinajstić information content (AvgIpc) is 2.19. The van der Waals surface area contributed by atoms with E-state index in [4.69, 9.17) is 0 Å². The van der Waals surface area contributed by atoms with Crippen molar-refractivity contribution in [2.45, 2.75) is 19.4 Å². The molecule has 16 heavy (non-hydrogen) atoms. The lowest BCUT2D eigenvalue weighted by Gasteiger charge is -2.25. The van der Waals surface area contributed by atoms with Crippen molar-refractivity contribution in [3.05, 3.63) is 35.9 Å². The molecule has 1 aromatic rings. The van der Waals surface area contributed by atoms with E-state index in [1.807, 2.05) is 18.2 Å². The summed E-state index contributed by atoms with van der Waals surface area (Å²) >= 11 is 0. The molecule has 0 amide bonds. The summed E-state index contributed by atoms with van der Waals surface area (Å²) in [6.45, 7) is 2.60. The molecule has 2 N–H and O–H groups in total. The molecule has 1 heterocycles. The van der Waals surface area contributed by atoms with Gasteiger partial charge in [0, 0.05) is 13.0 Å². The van der Waals surface area contributed by atoms with Crippen LogP contribution in [0.2, 0.25) is 0 Å². The molecule has 4 heteroatoms. The second-order valence-corrected chi connectivity index (χ2v) is 3.84. The number of ketones is 1. The Balaban J connectivity index is 0.00000112. The Labute approximate surface area is 102 Å². The zero-order chi connectivity index (χ0) is 9.80. The predicted octanol–water partition coefficient (Wildman–Crippen LogP) is 1.45. The van der Waals surface area contributed by atoms with E-state index < -0.39 is 0 Å². The van der Waals surface area contributed by atoms with Crippen LogP contribution in [0.1, 0.15) is 18.4 Å². The third-order valence-electron chi connectivity index (χ3n) is 2.58. The maximum Gasteiger partial charge on any atom is 0.146 e. The van der Waals surface area contributed by atoms with Crippen LogP contribution >= 0.6 is 12.4 Å². The van der Waals surface area contributed by atoms with Crippen molar-refractivity contribution in [2.75, 3.05) is 13.1 Å². The molecule has 1 aliphatic heterocycles. The van der Waals surface area contributed by atoms with Gasteiger partial charge in [0.1, 0.15) is 5.78 Å². The number of benzene rings is 1. The number of carbonyl (C=O) groups is 1. The van der Waals surface area contributed by atoms with Crippen LogP contribution in [0.5, 0.6) is 0 Å². The number of rotatable bonds is 2. The fourth-order valence-corrected chi connectivity index (χ4v) is 1.88. The highest BCUT2D eigenvalue weighted by Crippen LogP contribution is 2.10. The van der Waals surface area contributed by atoms with Gasteiger partial charge in [-0.15, -0.1) is 12.4 Å². The van der Waals surface area contributed by atoms with Crippen LogP contribution < -0.4 is 0 Å². The molecule has 0 aliphatic carbocycles. The number of Topliss-reactive ketones (excluding diaryl/α,β-unsaturated/α-hetero) is 1. The number of hydrogen-bond acceptors (Lipinski definition) is 2. The second kappa shape index (κ2) is 7.39. The lowest BCUT2D eigenvalue weighted by molar-refractivity contribution is -0.122. The molecule has 0 spiro atoms. The largest absolute Gasteiger partial charge is 0.412 e. The highest BCUT2D eigenvalue weighted by molar-refractivity contribution is 5.85. The van der Waals surface area contributed by atoms with Gasteiger partial charge in [-0.25, -0.2) is 0 Å². The molecule has 1 fully saturated rings. The second-order valence-electron chi connectivity index (χ2n) is 3.84.